The summed E-state index contributed by atoms with van der Waals surface area (Å²) in [6, 6.07) is 7.11. The molecular formula is C12H15BrO5. The Morgan fingerprint density at radius 2 is 1.83 bits per heavy atom. The highest BCUT2D eigenvalue weighted by Crippen LogP contribution is 2.33. The van der Waals surface area contributed by atoms with E-state index in [1.54, 1.807) is 18.2 Å². The molecule has 6 heteroatoms. The van der Waals surface area contributed by atoms with Crippen LogP contribution in [0.5, 0.6) is 0 Å². The molecule has 0 spiro atoms. The zero-order valence-electron chi connectivity index (χ0n) is 9.48. The van der Waals surface area contributed by atoms with Crippen LogP contribution in [0.2, 0.25) is 0 Å². The minimum atomic E-state index is -1.35. The zero-order chi connectivity index (χ0) is 13.3. The van der Waals surface area contributed by atoms with Gasteiger partial charge in [0.2, 0.25) is 0 Å². The molecule has 1 aromatic carbocycles. The first kappa shape index (κ1) is 13.9. The highest BCUT2D eigenvalue weighted by atomic mass is 79.9. The fraction of sp³-hybridized carbons (Fsp3) is 0.500. The van der Waals surface area contributed by atoms with Gasteiger partial charge in [-0.25, -0.2) is 0 Å². The van der Waals surface area contributed by atoms with Gasteiger partial charge in [0.1, 0.15) is 30.5 Å². The van der Waals surface area contributed by atoms with E-state index in [4.69, 9.17) is 9.84 Å². The topological polar surface area (TPSA) is 90.2 Å². The summed E-state index contributed by atoms with van der Waals surface area (Å²) in [7, 11) is 0. The molecule has 0 radical (unpaired) electrons. The van der Waals surface area contributed by atoms with Crippen LogP contribution < -0.4 is 0 Å². The summed E-state index contributed by atoms with van der Waals surface area (Å²) in [5, 5.41) is 38.4. The van der Waals surface area contributed by atoms with Crippen molar-refractivity contribution in [1.29, 1.82) is 0 Å². The Bertz CT molecular complexity index is 411. The average molecular weight is 319 g/mol. The van der Waals surface area contributed by atoms with E-state index in [0.717, 1.165) is 4.47 Å². The standard InChI is InChI=1S/C12H15BrO5/c13-7-3-1-2-6(4-7)12-11(17)10(16)9(15)8(5-14)18-12/h1-4,8-12,14-17H,5H2/t8-,9-,10+,11+,12-/m1/s1. The van der Waals surface area contributed by atoms with Crippen molar-refractivity contribution in [2.45, 2.75) is 30.5 Å². The van der Waals surface area contributed by atoms with Crippen LogP contribution in [0, 0.1) is 0 Å². The van der Waals surface area contributed by atoms with E-state index >= 15 is 0 Å². The largest absolute Gasteiger partial charge is 0.394 e. The summed E-state index contributed by atoms with van der Waals surface area (Å²) in [6.45, 7) is -0.421. The van der Waals surface area contributed by atoms with Crippen molar-refractivity contribution >= 4 is 15.9 Å². The third-order valence-corrected chi connectivity index (χ3v) is 3.56. The molecule has 0 aromatic heterocycles. The van der Waals surface area contributed by atoms with Crippen LogP contribution in [-0.2, 0) is 4.74 Å². The summed E-state index contributed by atoms with van der Waals surface area (Å²) in [5.74, 6) is 0. The number of hydrogen-bond donors (Lipinski definition) is 4. The summed E-state index contributed by atoms with van der Waals surface area (Å²) < 4.78 is 6.26. The monoisotopic (exact) mass is 318 g/mol. The number of aliphatic hydroxyl groups excluding tert-OH is 4. The summed E-state index contributed by atoms with van der Waals surface area (Å²) in [6.07, 6.45) is -5.57. The number of hydrogen-bond acceptors (Lipinski definition) is 5. The number of rotatable bonds is 2. The molecule has 4 N–H and O–H groups in total. The maximum absolute atomic E-state index is 9.93. The van der Waals surface area contributed by atoms with Crippen molar-refractivity contribution < 1.29 is 25.2 Å². The molecule has 0 bridgehead atoms. The Balaban J connectivity index is 2.27. The van der Waals surface area contributed by atoms with E-state index in [-0.39, 0.29) is 0 Å². The lowest BCUT2D eigenvalue weighted by molar-refractivity contribution is -0.231. The van der Waals surface area contributed by atoms with Crippen LogP contribution in [-0.4, -0.2) is 51.4 Å². The van der Waals surface area contributed by atoms with Gasteiger partial charge in [0.05, 0.1) is 6.61 Å². The van der Waals surface area contributed by atoms with Gasteiger partial charge in [-0.3, -0.25) is 0 Å². The second kappa shape index (κ2) is 5.64. The maximum atomic E-state index is 9.93. The van der Waals surface area contributed by atoms with Gasteiger partial charge in [0.25, 0.3) is 0 Å². The second-order valence-corrected chi connectivity index (χ2v) is 5.22. The molecule has 5 atom stereocenters. The van der Waals surface area contributed by atoms with Crippen molar-refractivity contribution in [3.63, 3.8) is 0 Å². The van der Waals surface area contributed by atoms with Gasteiger partial charge in [-0.1, -0.05) is 28.1 Å². The molecule has 2 rings (SSSR count). The van der Waals surface area contributed by atoms with E-state index in [9.17, 15) is 15.3 Å². The highest BCUT2D eigenvalue weighted by Gasteiger charge is 2.43. The first-order valence-electron chi connectivity index (χ1n) is 5.60. The smallest absolute Gasteiger partial charge is 0.113 e. The molecule has 1 heterocycles. The molecule has 0 amide bonds. The van der Waals surface area contributed by atoms with Gasteiger partial charge in [-0.05, 0) is 17.7 Å². The maximum Gasteiger partial charge on any atom is 0.113 e. The number of ether oxygens (including phenoxy) is 1. The molecule has 100 valence electrons. The van der Waals surface area contributed by atoms with Crippen LogP contribution in [0.1, 0.15) is 11.7 Å². The normalized spacial score (nSPS) is 36.6. The average Bonchev–Trinajstić information content (AvgIpc) is 2.36. The summed E-state index contributed by atoms with van der Waals surface area (Å²) in [4.78, 5) is 0. The Labute approximate surface area is 113 Å². The van der Waals surface area contributed by atoms with E-state index in [1.165, 1.54) is 0 Å². The summed E-state index contributed by atoms with van der Waals surface area (Å²) in [5.41, 5.74) is 0.668. The predicted octanol–water partition coefficient (Wildman–Crippen LogP) is -0.0360. The molecule has 0 saturated carbocycles. The quantitative estimate of drug-likeness (QED) is 0.614. The Morgan fingerprint density at radius 3 is 2.44 bits per heavy atom. The second-order valence-electron chi connectivity index (χ2n) is 4.30. The SMILES string of the molecule is OC[C@H]1O[C@H](c2cccc(Br)c2)[C@@H](O)[C@@H](O)[C@@H]1O. The first-order chi connectivity index (χ1) is 8.54. The van der Waals surface area contributed by atoms with E-state index in [2.05, 4.69) is 15.9 Å². The molecular weight excluding hydrogens is 304 g/mol. The van der Waals surface area contributed by atoms with Crippen molar-refractivity contribution in [3.8, 4) is 0 Å². The Morgan fingerprint density at radius 1 is 1.11 bits per heavy atom. The lowest BCUT2D eigenvalue weighted by Gasteiger charge is -2.40. The zero-order valence-corrected chi connectivity index (χ0v) is 11.1. The minimum Gasteiger partial charge on any atom is -0.394 e. The van der Waals surface area contributed by atoms with Crippen molar-refractivity contribution in [1.82, 2.24) is 0 Å². The Kier molecular flexibility index (Phi) is 4.37. The van der Waals surface area contributed by atoms with Gasteiger partial charge in [0, 0.05) is 4.47 Å². The predicted molar refractivity (Wildman–Crippen MR) is 66.9 cm³/mol. The van der Waals surface area contributed by atoms with Gasteiger partial charge >= 0.3 is 0 Å². The van der Waals surface area contributed by atoms with E-state index in [1.807, 2.05) is 6.07 Å². The fourth-order valence-electron chi connectivity index (χ4n) is 2.06. The molecule has 0 aliphatic carbocycles. The van der Waals surface area contributed by atoms with Gasteiger partial charge < -0.3 is 25.2 Å². The van der Waals surface area contributed by atoms with Crippen molar-refractivity contribution in [3.05, 3.63) is 34.3 Å². The molecule has 1 aliphatic heterocycles. The van der Waals surface area contributed by atoms with Gasteiger partial charge in [-0.15, -0.1) is 0 Å². The van der Waals surface area contributed by atoms with E-state index < -0.39 is 37.1 Å². The lowest BCUT2D eigenvalue weighted by atomic mass is 9.91. The third-order valence-electron chi connectivity index (χ3n) is 3.07. The fourth-order valence-corrected chi connectivity index (χ4v) is 2.48. The van der Waals surface area contributed by atoms with Crippen LogP contribution >= 0.6 is 15.9 Å². The van der Waals surface area contributed by atoms with Crippen LogP contribution in [0.3, 0.4) is 0 Å². The van der Waals surface area contributed by atoms with Crippen molar-refractivity contribution in [2.75, 3.05) is 6.61 Å². The third kappa shape index (κ3) is 2.59. The van der Waals surface area contributed by atoms with Gasteiger partial charge in [-0.2, -0.15) is 0 Å². The highest BCUT2D eigenvalue weighted by molar-refractivity contribution is 9.10. The molecule has 0 unspecified atom stereocenters. The Hall–Kier alpha value is -0.500. The van der Waals surface area contributed by atoms with Crippen LogP contribution in [0.25, 0.3) is 0 Å². The lowest BCUT2D eigenvalue weighted by Crippen LogP contribution is -2.55. The van der Waals surface area contributed by atoms with Crippen LogP contribution in [0.4, 0.5) is 0 Å². The molecule has 1 fully saturated rings. The molecule has 5 nitrogen and oxygen atoms in total. The number of aliphatic hydroxyl groups is 4. The first-order valence-corrected chi connectivity index (χ1v) is 6.40. The van der Waals surface area contributed by atoms with Gasteiger partial charge in [0.15, 0.2) is 0 Å². The summed E-state index contributed by atoms with van der Waals surface area (Å²) >= 11 is 3.31. The van der Waals surface area contributed by atoms with Crippen LogP contribution in [0.15, 0.2) is 28.7 Å². The molecule has 1 saturated heterocycles. The molecule has 1 aromatic rings. The molecule has 1 aliphatic rings. The van der Waals surface area contributed by atoms with E-state index in [0.29, 0.717) is 5.56 Å². The minimum absolute atomic E-state index is 0.421. The van der Waals surface area contributed by atoms with Crippen molar-refractivity contribution in [2.24, 2.45) is 0 Å². The number of benzene rings is 1. The number of halogens is 1. The molecule has 18 heavy (non-hydrogen) atoms.